The van der Waals surface area contributed by atoms with E-state index in [-0.39, 0.29) is 12.3 Å². The standard InChI is InChI=1S/C23H28N2O3/c1-4-5-13-25-21-8-6-7-19(23(21)17(3)24-25)15-28-20-11-9-18(10-12-20)16(2)14-22(26)27/h6-12,16H,4-5,13-15H2,1-3H3,(H,26,27). The average Bonchev–Trinajstić information content (AvgIpc) is 3.01. The molecule has 0 bridgehead atoms. The van der Waals surface area contributed by atoms with Gasteiger partial charge in [0.15, 0.2) is 0 Å². The highest BCUT2D eigenvalue weighted by Crippen LogP contribution is 2.26. The maximum atomic E-state index is 10.9. The van der Waals surface area contributed by atoms with Crippen molar-refractivity contribution < 1.29 is 14.6 Å². The van der Waals surface area contributed by atoms with Crippen LogP contribution >= 0.6 is 0 Å². The van der Waals surface area contributed by atoms with Gasteiger partial charge in [0.25, 0.3) is 0 Å². The number of fused-ring (bicyclic) bond motifs is 1. The number of benzene rings is 2. The summed E-state index contributed by atoms with van der Waals surface area (Å²) in [5.41, 5.74) is 4.32. The first-order valence-corrected chi connectivity index (χ1v) is 9.89. The molecule has 0 radical (unpaired) electrons. The third-order valence-electron chi connectivity index (χ3n) is 5.09. The molecule has 0 aliphatic heterocycles. The van der Waals surface area contributed by atoms with Crippen molar-refractivity contribution in [2.75, 3.05) is 0 Å². The molecular weight excluding hydrogens is 352 g/mol. The van der Waals surface area contributed by atoms with E-state index < -0.39 is 5.97 Å². The lowest BCUT2D eigenvalue weighted by molar-refractivity contribution is -0.137. The number of aliphatic carboxylic acids is 1. The van der Waals surface area contributed by atoms with Crippen LogP contribution in [0.5, 0.6) is 5.75 Å². The Kier molecular flexibility index (Phi) is 6.34. The molecule has 1 aromatic heterocycles. The Hall–Kier alpha value is -2.82. The van der Waals surface area contributed by atoms with Crippen molar-refractivity contribution in [2.24, 2.45) is 0 Å². The SMILES string of the molecule is CCCCn1nc(C)c2c(COc3ccc(C(C)CC(=O)O)cc3)cccc21. The van der Waals surface area contributed by atoms with Crippen LogP contribution in [0.3, 0.4) is 0 Å². The maximum absolute atomic E-state index is 10.9. The van der Waals surface area contributed by atoms with Crippen molar-refractivity contribution in [1.82, 2.24) is 9.78 Å². The van der Waals surface area contributed by atoms with Crippen molar-refractivity contribution in [3.8, 4) is 5.75 Å². The van der Waals surface area contributed by atoms with Crippen molar-refractivity contribution in [3.63, 3.8) is 0 Å². The van der Waals surface area contributed by atoms with Crippen LogP contribution in [0, 0.1) is 6.92 Å². The normalized spacial score (nSPS) is 12.2. The first kappa shape index (κ1) is 19.9. The molecule has 0 amide bonds. The van der Waals surface area contributed by atoms with Crippen molar-refractivity contribution in [1.29, 1.82) is 0 Å². The van der Waals surface area contributed by atoms with Gasteiger partial charge in [0.05, 0.1) is 17.6 Å². The molecular formula is C23H28N2O3. The van der Waals surface area contributed by atoms with E-state index in [1.165, 1.54) is 5.39 Å². The van der Waals surface area contributed by atoms with Gasteiger partial charge >= 0.3 is 5.97 Å². The Balaban J connectivity index is 1.73. The van der Waals surface area contributed by atoms with Gasteiger partial charge in [-0.3, -0.25) is 9.48 Å². The number of ether oxygens (including phenoxy) is 1. The molecule has 5 heteroatoms. The van der Waals surface area contributed by atoms with Crippen LogP contribution < -0.4 is 4.74 Å². The summed E-state index contributed by atoms with van der Waals surface area (Å²) in [5, 5.41) is 14.8. The Morgan fingerprint density at radius 3 is 2.64 bits per heavy atom. The Morgan fingerprint density at radius 1 is 1.21 bits per heavy atom. The van der Waals surface area contributed by atoms with Crippen LogP contribution in [0.1, 0.15) is 55.8 Å². The van der Waals surface area contributed by atoms with E-state index in [2.05, 4.69) is 29.8 Å². The molecule has 3 rings (SSSR count). The fourth-order valence-electron chi connectivity index (χ4n) is 3.54. The summed E-state index contributed by atoms with van der Waals surface area (Å²) in [5.74, 6) is -0.0213. The lowest BCUT2D eigenvalue weighted by Crippen LogP contribution is -2.03. The number of rotatable bonds is 9. The molecule has 1 heterocycles. The second kappa shape index (κ2) is 8.91. The Labute approximate surface area is 165 Å². The van der Waals surface area contributed by atoms with Crippen LogP contribution in [0.15, 0.2) is 42.5 Å². The highest BCUT2D eigenvalue weighted by molar-refractivity contribution is 5.85. The van der Waals surface area contributed by atoms with Gasteiger partial charge in [-0.2, -0.15) is 5.10 Å². The van der Waals surface area contributed by atoms with Crippen molar-refractivity contribution >= 4 is 16.9 Å². The molecule has 1 unspecified atom stereocenters. The average molecular weight is 380 g/mol. The second-order valence-corrected chi connectivity index (χ2v) is 7.33. The smallest absolute Gasteiger partial charge is 0.303 e. The number of nitrogens with zero attached hydrogens (tertiary/aromatic N) is 2. The van der Waals surface area contributed by atoms with Gasteiger partial charge in [-0.05, 0) is 43.0 Å². The molecule has 0 saturated heterocycles. The third kappa shape index (κ3) is 4.53. The molecule has 1 atom stereocenters. The van der Waals surface area contributed by atoms with E-state index >= 15 is 0 Å². The van der Waals surface area contributed by atoms with Crippen molar-refractivity contribution in [2.45, 2.75) is 59.1 Å². The van der Waals surface area contributed by atoms with Gasteiger partial charge in [0.2, 0.25) is 0 Å². The quantitative estimate of drug-likeness (QED) is 0.547. The number of carboxylic acid groups (broad SMARTS) is 1. The minimum absolute atomic E-state index is 0.0168. The summed E-state index contributed by atoms with van der Waals surface area (Å²) in [6, 6.07) is 14.0. The fourth-order valence-corrected chi connectivity index (χ4v) is 3.54. The number of aromatic nitrogens is 2. The van der Waals surface area contributed by atoms with E-state index in [0.717, 1.165) is 47.5 Å². The molecule has 0 saturated carbocycles. The topological polar surface area (TPSA) is 64.4 Å². The molecule has 3 aromatic rings. The van der Waals surface area contributed by atoms with Crippen LogP contribution in [-0.2, 0) is 17.9 Å². The van der Waals surface area contributed by atoms with Crippen LogP contribution in [0.2, 0.25) is 0 Å². The summed E-state index contributed by atoms with van der Waals surface area (Å²) in [7, 11) is 0. The molecule has 2 aromatic carbocycles. The summed E-state index contributed by atoms with van der Waals surface area (Å²) in [6.45, 7) is 7.56. The minimum Gasteiger partial charge on any atom is -0.489 e. The largest absolute Gasteiger partial charge is 0.489 e. The minimum atomic E-state index is -0.782. The van der Waals surface area contributed by atoms with Gasteiger partial charge in [0, 0.05) is 17.5 Å². The highest BCUT2D eigenvalue weighted by Gasteiger charge is 2.13. The molecule has 148 valence electrons. The monoisotopic (exact) mass is 380 g/mol. The lowest BCUT2D eigenvalue weighted by atomic mass is 9.98. The number of carboxylic acids is 1. The van der Waals surface area contributed by atoms with Gasteiger partial charge in [-0.1, -0.05) is 44.5 Å². The molecule has 0 fully saturated rings. The van der Waals surface area contributed by atoms with E-state index in [1.807, 2.05) is 38.1 Å². The zero-order valence-electron chi connectivity index (χ0n) is 16.8. The first-order chi connectivity index (χ1) is 13.5. The molecule has 1 N–H and O–H groups in total. The summed E-state index contributed by atoms with van der Waals surface area (Å²) < 4.78 is 8.10. The zero-order valence-corrected chi connectivity index (χ0v) is 16.8. The molecule has 28 heavy (non-hydrogen) atoms. The molecule has 0 aliphatic rings. The maximum Gasteiger partial charge on any atom is 0.303 e. The summed E-state index contributed by atoms with van der Waals surface area (Å²) >= 11 is 0. The van der Waals surface area contributed by atoms with Crippen LogP contribution in [0.25, 0.3) is 10.9 Å². The highest BCUT2D eigenvalue weighted by atomic mass is 16.5. The predicted molar refractivity (Wildman–Crippen MR) is 111 cm³/mol. The van der Waals surface area contributed by atoms with Crippen molar-refractivity contribution in [3.05, 3.63) is 59.3 Å². The number of aryl methyl sites for hydroxylation is 2. The second-order valence-electron chi connectivity index (χ2n) is 7.33. The Bertz CT molecular complexity index is 944. The van der Waals surface area contributed by atoms with Crippen LogP contribution in [-0.4, -0.2) is 20.9 Å². The van der Waals surface area contributed by atoms with Gasteiger partial charge in [-0.25, -0.2) is 0 Å². The number of unbranched alkanes of at least 4 members (excludes halogenated alkanes) is 1. The zero-order chi connectivity index (χ0) is 20.1. The van der Waals surface area contributed by atoms with E-state index in [4.69, 9.17) is 14.9 Å². The Morgan fingerprint density at radius 2 is 1.96 bits per heavy atom. The predicted octanol–water partition coefficient (Wildman–Crippen LogP) is 5.30. The van der Waals surface area contributed by atoms with Gasteiger partial charge in [0.1, 0.15) is 12.4 Å². The van der Waals surface area contributed by atoms with Gasteiger partial charge in [-0.15, -0.1) is 0 Å². The third-order valence-corrected chi connectivity index (χ3v) is 5.09. The fraction of sp³-hybridized carbons (Fsp3) is 0.391. The van der Waals surface area contributed by atoms with E-state index in [9.17, 15) is 4.79 Å². The van der Waals surface area contributed by atoms with Gasteiger partial charge < -0.3 is 9.84 Å². The van der Waals surface area contributed by atoms with E-state index in [1.54, 1.807) is 0 Å². The lowest BCUT2D eigenvalue weighted by Gasteiger charge is -2.11. The molecule has 5 nitrogen and oxygen atoms in total. The first-order valence-electron chi connectivity index (χ1n) is 9.89. The van der Waals surface area contributed by atoms with E-state index in [0.29, 0.717) is 6.61 Å². The molecule has 0 spiro atoms. The number of carbonyl (C=O) groups is 1. The summed E-state index contributed by atoms with van der Waals surface area (Å²) in [4.78, 5) is 10.9. The molecule has 0 aliphatic carbocycles. The van der Waals surface area contributed by atoms with Crippen LogP contribution in [0.4, 0.5) is 0 Å². The number of hydrogen-bond acceptors (Lipinski definition) is 3. The number of hydrogen-bond donors (Lipinski definition) is 1. The summed E-state index contributed by atoms with van der Waals surface area (Å²) in [6.07, 6.45) is 2.39.